The van der Waals surface area contributed by atoms with Gasteiger partial charge in [0.1, 0.15) is 0 Å². The van der Waals surface area contributed by atoms with Crippen LogP contribution >= 0.6 is 0 Å². The van der Waals surface area contributed by atoms with Crippen molar-refractivity contribution in [2.75, 3.05) is 13.1 Å². The molecule has 0 fully saturated rings. The van der Waals surface area contributed by atoms with Gasteiger partial charge in [-0.25, -0.2) is 0 Å². The summed E-state index contributed by atoms with van der Waals surface area (Å²) < 4.78 is 0. The van der Waals surface area contributed by atoms with E-state index in [9.17, 15) is 4.79 Å². The van der Waals surface area contributed by atoms with E-state index in [1.165, 1.54) is 0 Å². The van der Waals surface area contributed by atoms with Gasteiger partial charge in [-0.05, 0) is 19.5 Å². The molecule has 0 rings (SSSR count). The third kappa shape index (κ3) is 10.9. The number of nitrogens with one attached hydrogen (secondary N) is 1. The van der Waals surface area contributed by atoms with Crippen molar-refractivity contribution in [1.82, 2.24) is 5.32 Å². The zero-order chi connectivity index (χ0) is 7.11. The summed E-state index contributed by atoms with van der Waals surface area (Å²) in [7, 11) is 0. The summed E-state index contributed by atoms with van der Waals surface area (Å²) in [6, 6.07) is 0. The van der Waals surface area contributed by atoms with E-state index in [0.29, 0.717) is 0 Å². The Morgan fingerprint density at radius 2 is 2.30 bits per heavy atom. The minimum absolute atomic E-state index is 0. The molecule has 4 heteroatoms. The zero-order valence-corrected chi connectivity index (χ0v) is 6.68. The molecule has 0 bridgehead atoms. The number of hydrogen-bond acceptors (Lipinski definition) is 2. The van der Waals surface area contributed by atoms with Gasteiger partial charge in [0.05, 0.1) is 0 Å². The molecule has 3 nitrogen and oxygen atoms in total. The molecule has 0 radical (unpaired) electrons. The molecule has 0 aromatic rings. The molecular weight excluding hydrogens is 125 g/mol. The molecule has 0 saturated heterocycles. The Bertz CT molecular complexity index is 92.7. The summed E-state index contributed by atoms with van der Waals surface area (Å²) in [4.78, 5) is 9.93. The number of carbonyl (C=O) groups is 1. The van der Waals surface area contributed by atoms with E-state index in [-0.39, 0.29) is 26.7 Å². The van der Waals surface area contributed by atoms with Crippen LogP contribution in [0.5, 0.6) is 0 Å². The van der Waals surface area contributed by atoms with E-state index in [1.54, 1.807) is 0 Å². The predicted octanol–water partition coefficient (Wildman–Crippen LogP) is -2.42. The minimum Gasteiger partial charge on any atom is -1.00 e. The molecule has 2 N–H and O–H groups in total. The summed E-state index contributed by atoms with van der Waals surface area (Å²) in [6.45, 7) is 3.73. The van der Waals surface area contributed by atoms with Gasteiger partial charge in [0, 0.05) is 6.42 Å². The maximum absolute atomic E-state index is 9.93. The first-order valence-corrected chi connectivity index (χ1v) is 3.20. The molecule has 0 saturated carbocycles. The van der Waals surface area contributed by atoms with E-state index < -0.39 is 5.97 Å². The van der Waals surface area contributed by atoms with Crippen LogP contribution in [0.15, 0.2) is 0 Å². The van der Waals surface area contributed by atoms with Crippen molar-refractivity contribution in [3.8, 4) is 0 Å². The van der Waals surface area contributed by atoms with Crippen LogP contribution < -0.4 is 24.2 Å². The maximum Gasteiger partial charge on any atom is 1.00 e. The Morgan fingerprint density at radius 1 is 1.70 bits per heavy atom. The monoisotopic (exact) mass is 139 g/mol. The Kier molecular flexibility index (Phi) is 11.4. The smallest absolute Gasteiger partial charge is 1.00 e. The number of carboxylic acids is 1. The molecule has 0 aliphatic rings. The average Bonchev–Trinajstić information content (AvgIpc) is 1.80. The minimum atomic E-state index is -0.715. The van der Waals surface area contributed by atoms with Crippen LogP contribution in [0.4, 0.5) is 0 Å². The van der Waals surface area contributed by atoms with Crippen LogP contribution in [0.2, 0.25) is 0 Å². The molecule has 0 spiro atoms. The maximum atomic E-state index is 9.93. The van der Waals surface area contributed by atoms with Crippen molar-refractivity contribution >= 4 is 5.97 Å². The van der Waals surface area contributed by atoms with Gasteiger partial charge >= 0.3 is 24.8 Å². The first-order chi connectivity index (χ1) is 4.27. The average molecular weight is 139 g/mol. The third-order valence-electron chi connectivity index (χ3n) is 0.994. The van der Waals surface area contributed by atoms with E-state index >= 15 is 0 Å². The van der Waals surface area contributed by atoms with Gasteiger partial charge < -0.3 is 11.8 Å². The zero-order valence-electron chi connectivity index (χ0n) is 7.68. The van der Waals surface area contributed by atoms with Crippen molar-refractivity contribution in [2.24, 2.45) is 0 Å². The van der Waals surface area contributed by atoms with Crippen molar-refractivity contribution in [2.45, 2.75) is 19.8 Å². The Labute approximate surface area is 74.9 Å². The van der Waals surface area contributed by atoms with Crippen LogP contribution in [0, 0.1) is 0 Å². The van der Waals surface area contributed by atoms with Crippen molar-refractivity contribution in [3.05, 3.63) is 0 Å². The van der Waals surface area contributed by atoms with Gasteiger partial charge in [-0.2, -0.15) is 0 Å². The van der Waals surface area contributed by atoms with E-state index in [4.69, 9.17) is 5.11 Å². The first-order valence-electron chi connectivity index (χ1n) is 3.20. The van der Waals surface area contributed by atoms with E-state index in [1.807, 2.05) is 6.92 Å². The van der Waals surface area contributed by atoms with E-state index in [2.05, 4.69) is 5.32 Å². The van der Waals surface area contributed by atoms with E-state index in [0.717, 1.165) is 19.5 Å². The Balaban J connectivity index is -0.000000320. The van der Waals surface area contributed by atoms with Crippen molar-refractivity contribution in [3.63, 3.8) is 0 Å². The predicted molar refractivity (Wildman–Crippen MR) is 36.5 cm³/mol. The molecular formula is C6H14LiNO2. The molecule has 0 aliphatic carbocycles. The molecule has 0 aliphatic heterocycles. The second kappa shape index (κ2) is 9.03. The van der Waals surface area contributed by atoms with Crippen molar-refractivity contribution < 1.29 is 30.2 Å². The quantitative estimate of drug-likeness (QED) is 0.329. The van der Waals surface area contributed by atoms with Gasteiger partial charge in [0.15, 0.2) is 0 Å². The van der Waals surface area contributed by atoms with Crippen LogP contribution in [0.3, 0.4) is 0 Å². The fourth-order valence-corrected chi connectivity index (χ4v) is 0.541. The summed E-state index contributed by atoms with van der Waals surface area (Å²) in [5, 5.41) is 11.2. The van der Waals surface area contributed by atoms with Gasteiger partial charge in [-0.15, -0.1) is 0 Å². The second-order valence-corrected chi connectivity index (χ2v) is 1.85. The second-order valence-electron chi connectivity index (χ2n) is 1.85. The molecule has 0 unspecified atom stereocenters. The number of hydrogen-bond donors (Lipinski definition) is 2. The van der Waals surface area contributed by atoms with Crippen LogP contribution in [-0.4, -0.2) is 24.2 Å². The Hall–Kier alpha value is 0.0274. The molecule has 0 aromatic heterocycles. The molecule has 0 heterocycles. The molecule has 56 valence electrons. The van der Waals surface area contributed by atoms with Gasteiger partial charge in [0.2, 0.25) is 0 Å². The summed E-state index contributed by atoms with van der Waals surface area (Å²) in [5.41, 5.74) is 0. The molecule has 0 aromatic carbocycles. The van der Waals surface area contributed by atoms with Gasteiger partial charge in [-0.3, -0.25) is 4.79 Å². The third-order valence-corrected chi connectivity index (χ3v) is 0.994. The molecule has 0 atom stereocenters. The molecule has 10 heavy (non-hydrogen) atoms. The fraction of sp³-hybridized carbons (Fsp3) is 0.833. The van der Waals surface area contributed by atoms with Gasteiger partial charge in [0.25, 0.3) is 0 Å². The standard InChI is InChI=1S/C6H13NO2.Li.H/c1-2-7-5-3-4-6(8)9;;/h7H,2-5H2,1H3,(H,8,9);;/q;+1;-1. The molecule has 0 amide bonds. The first kappa shape index (κ1) is 12.7. The van der Waals surface area contributed by atoms with Crippen LogP contribution in [0.1, 0.15) is 21.2 Å². The van der Waals surface area contributed by atoms with Gasteiger partial charge in [-0.1, -0.05) is 6.92 Å². The summed E-state index contributed by atoms with van der Waals surface area (Å²) in [6.07, 6.45) is 0.996. The van der Waals surface area contributed by atoms with Crippen LogP contribution in [0.25, 0.3) is 0 Å². The summed E-state index contributed by atoms with van der Waals surface area (Å²) >= 11 is 0. The topological polar surface area (TPSA) is 49.3 Å². The summed E-state index contributed by atoms with van der Waals surface area (Å²) in [5.74, 6) is -0.715. The number of carboxylic acid groups (broad SMARTS) is 1. The Morgan fingerprint density at radius 3 is 2.70 bits per heavy atom. The fourth-order valence-electron chi connectivity index (χ4n) is 0.541. The number of aliphatic carboxylic acids is 1. The largest absolute Gasteiger partial charge is 1.00 e. The normalized spacial score (nSPS) is 8.50. The number of rotatable bonds is 5. The SMILES string of the molecule is CCNCCCC(=O)O.[H-].[Li+]. The van der Waals surface area contributed by atoms with Crippen molar-refractivity contribution in [1.29, 1.82) is 0 Å². The van der Waals surface area contributed by atoms with Crippen LogP contribution in [-0.2, 0) is 4.79 Å².